The van der Waals surface area contributed by atoms with E-state index in [0.29, 0.717) is 87.2 Å². The Morgan fingerprint density at radius 2 is 1.71 bits per heavy atom. The number of nitrogens with zero attached hydrogens (tertiary/aromatic N) is 6. The van der Waals surface area contributed by atoms with Crippen LogP contribution in [0.2, 0.25) is 0 Å². The predicted octanol–water partition coefficient (Wildman–Crippen LogP) is 3.63. The van der Waals surface area contributed by atoms with Crippen LogP contribution in [0.3, 0.4) is 0 Å². The Hall–Kier alpha value is -2.73. The Kier molecular flexibility index (Phi) is 11.2. The number of fused-ring (bicyclic) bond motifs is 1. The predicted molar refractivity (Wildman–Crippen MR) is 181 cm³/mol. The second-order valence-corrected chi connectivity index (χ2v) is 15.8. The van der Waals surface area contributed by atoms with Gasteiger partial charge in [0.15, 0.2) is 0 Å². The molecule has 0 bridgehead atoms. The molecule has 4 heterocycles. The molecule has 3 aliphatic rings. The van der Waals surface area contributed by atoms with Crippen LogP contribution in [-0.2, 0) is 40.4 Å². The van der Waals surface area contributed by atoms with Gasteiger partial charge < -0.3 is 14.7 Å². The first-order valence-electron chi connectivity index (χ1n) is 16.4. The topological polar surface area (TPSA) is 94.4 Å². The zero-order chi connectivity index (χ0) is 34.8. The second kappa shape index (κ2) is 15.3. The van der Waals surface area contributed by atoms with Gasteiger partial charge in [0, 0.05) is 99.3 Å². The lowest BCUT2D eigenvalue weighted by atomic mass is 10.0. The fraction of sp³-hybridized carbons (Fsp3) is 0.545. The summed E-state index contributed by atoms with van der Waals surface area (Å²) < 4.78 is 90.1. The number of β-amino-alcohol motifs (C(OH)–C–C–N with tert-alkyl or cyclic N) is 1. The van der Waals surface area contributed by atoms with Crippen molar-refractivity contribution in [1.82, 2.24) is 23.9 Å². The van der Waals surface area contributed by atoms with Gasteiger partial charge in [0.2, 0.25) is 10.0 Å². The number of thioether (sulfide) groups is 1. The van der Waals surface area contributed by atoms with Gasteiger partial charge in [-0.25, -0.2) is 12.8 Å². The molecule has 0 radical (unpaired) electrons. The molecule has 268 valence electrons. The van der Waals surface area contributed by atoms with Crippen molar-refractivity contribution in [2.75, 3.05) is 89.0 Å². The first-order valence-corrected chi connectivity index (χ1v) is 19.3. The zero-order valence-corrected chi connectivity index (χ0v) is 29.0. The largest absolute Gasteiger partial charge is 0.417 e. The summed E-state index contributed by atoms with van der Waals surface area (Å²) in [7, 11) is -3.54. The highest BCUT2D eigenvalue weighted by atomic mass is 32.2. The van der Waals surface area contributed by atoms with E-state index in [4.69, 9.17) is 9.84 Å². The smallest absolute Gasteiger partial charge is 0.390 e. The maximum absolute atomic E-state index is 14.3. The Balaban J connectivity index is 1.21. The van der Waals surface area contributed by atoms with Gasteiger partial charge in [0.1, 0.15) is 5.82 Å². The Morgan fingerprint density at radius 1 is 0.980 bits per heavy atom. The monoisotopic (exact) mass is 726 g/mol. The number of sulfonamides is 1. The molecule has 0 aliphatic carbocycles. The minimum Gasteiger partial charge on any atom is -0.390 e. The van der Waals surface area contributed by atoms with Gasteiger partial charge >= 0.3 is 6.18 Å². The van der Waals surface area contributed by atoms with Crippen LogP contribution in [0.1, 0.15) is 16.8 Å². The maximum atomic E-state index is 14.3. The number of rotatable bonds is 11. The summed E-state index contributed by atoms with van der Waals surface area (Å²) in [6, 6.07) is 10.6. The molecule has 2 saturated heterocycles. The molecule has 1 N–H and O–H groups in total. The number of halogens is 4. The zero-order valence-electron chi connectivity index (χ0n) is 27.4. The third kappa shape index (κ3) is 8.78. The molecule has 0 spiro atoms. The van der Waals surface area contributed by atoms with Gasteiger partial charge in [-0.1, -0.05) is 18.2 Å². The van der Waals surface area contributed by atoms with Crippen molar-refractivity contribution in [2.24, 2.45) is 0 Å². The van der Waals surface area contributed by atoms with Crippen LogP contribution in [0.4, 0.5) is 23.2 Å². The average Bonchev–Trinajstić information content (AvgIpc) is 3.42. The van der Waals surface area contributed by atoms with Gasteiger partial charge in [-0.15, -0.1) is 11.8 Å². The van der Waals surface area contributed by atoms with Crippen molar-refractivity contribution in [3.63, 3.8) is 0 Å². The van der Waals surface area contributed by atoms with Crippen molar-refractivity contribution in [3.05, 3.63) is 65.1 Å². The third-order valence-corrected chi connectivity index (χ3v) is 11.6. The number of ether oxygens (including phenoxy) is 1. The molecular formula is C33H42F4N6O4S2. The van der Waals surface area contributed by atoms with Crippen LogP contribution < -0.4 is 4.90 Å². The molecule has 6 rings (SSSR count). The molecule has 3 aliphatic heterocycles. The fourth-order valence-electron chi connectivity index (χ4n) is 6.70. The molecule has 10 nitrogen and oxygen atoms in total. The molecule has 16 heteroatoms. The van der Waals surface area contributed by atoms with Gasteiger partial charge in [-0.05, 0) is 24.3 Å². The number of morpholine rings is 1. The van der Waals surface area contributed by atoms with E-state index in [-0.39, 0.29) is 30.3 Å². The van der Waals surface area contributed by atoms with Crippen molar-refractivity contribution in [2.45, 2.75) is 36.7 Å². The molecule has 3 aromatic rings. The van der Waals surface area contributed by atoms with Crippen LogP contribution in [0.25, 0.3) is 11.3 Å². The molecule has 2 fully saturated rings. The van der Waals surface area contributed by atoms with Crippen LogP contribution in [-0.4, -0.2) is 128 Å². The number of hydrogen-bond donors (Lipinski definition) is 1. The molecule has 0 amide bonds. The number of alkyl halides is 3. The van der Waals surface area contributed by atoms with Crippen molar-refractivity contribution in [3.8, 4) is 11.3 Å². The van der Waals surface area contributed by atoms with Crippen molar-refractivity contribution < 1.29 is 35.8 Å². The van der Waals surface area contributed by atoms with Crippen LogP contribution in [0.15, 0.2) is 47.4 Å². The van der Waals surface area contributed by atoms with E-state index in [1.54, 1.807) is 22.9 Å². The number of aliphatic hydroxyl groups excluding tert-OH is 1. The van der Waals surface area contributed by atoms with E-state index in [1.165, 1.54) is 22.5 Å². The fourth-order valence-corrected chi connectivity index (χ4v) is 8.61. The minimum absolute atomic E-state index is 0.0398. The average molecular weight is 727 g/mol. The van der Waals surface area contributed by atoms with Gasteiger partial charge in [-0.3, -0.25) is 14.5 Å². The normalized spacial score (nSPS) is 19.3. The molecule has 0 saturated carbocycles. The van der Waals surface area contributed by atoms with E-state index < -0.39 is 27.9 Å². The minimum atomic E-state index is -4.55. The highest BCUT2D eigenvalue weighted by molar-refractivity contribution is 7.99. The van der Waals surface area contributed by atoms with Crippen LogP contribution >= 0.6 is 11.8 Å². The molecule has 2 aromatic carbocycles. The van der Waals surface area contributed by atoms with Crippen molar-refractivity contribution in [1.29, 1.82) is 0 Å². The van der Waals surface area contributed by atoms with Gasteiger partial charge in [0.05, 0.1) is 49.1 Å². The first kappa shape index (κ1) is 36.1. The van der Waals surface area contributed by atoms with Gasteiger partial charge in [-0.2, -0.15) is 22.6 Å². The first-order chi connectivity index (χ1) is 23.4. The SMILES string of the molecule is CS(=O)(=O)N1CCc2c(c(-c3ccc(C(F)(F)F)c(SCCN4CCOCC4)c3)nn2CC(O)CN2CCN(c3ccccc3F)CC2)C1. The van der Waals surface area contributed by atoms with Crippen molar-refractivity contribution >= 4 is 27.5 Å². The summed E-state index contributed by atoms with van der Waals surface area (Å²) in [5, 5.41) is 16.0. The summed E-state index contributed by atoms with van der Waals surface area (Å²) in [6.07, 6.45) is -3.87. The van der Waals surface area contributed by atoms with E-state index in [1.807, 2.05) is 4.90 Å². The Labute approximate surface area is 288 Å². The summed E-state index contributed by atoms with van der Waals surface area (Å²) in [4.78, 5) is 6.36. The number of benzene rings is 2. The standard InChI is InChI=1S/C33H42F4N6O4S2/c1-49(45,46)42-9-8-29-26(23-42)32(24-6-7-27(33(35,36)37)31(20-24)48-19-16-39-14-17-47-18-15-39)38-43(29)22-25(44)21-40-10-12-41(13-11-40)30-5-3-2-4-28(30)34/h2-7,20,25,44H,8-19,21-23H2,1H3. The summed E-state index contributed by atoms with van der Waals surface area (Å²) in [5.41, 5.74) is 2.11. The van der Waals surface area contributed by atoms with E-state index >= 15 is 0 Å². The molecule has 1 aromatic heterocycles. The second-order valence-electron chi connectivity index (χ2n) is 12.7. The lowest BCUT2D eigenvalue weighted by Crippen LogP contribution is -2.49. The highest BCUT2D eigenvalue weighted by Gasteiger charge is 2.35. The molecular weight excluding hydrogens is 685 g/mol. The maximum Gasteiger partial charge on any atom is 0.417 e. The lowest BCUT2D eigenvalue weighted by molar-refractivity contribution is -0.139. The molecule has 1 unspecified atom stereocenters. The van der Waals surface area contributed by atoms with E-state index in [2.05, 4.69) is 9.80 Å². The number of hydrogen-bond acceptors (Lipinski definition) is 9. The Bertz CT molecular complexity index is 1710. The van der Waals surface area contributed by atoms with Crippen LogP contribution in [0.5, 0.6) is 0 Å². The number of para-hydroxylation sites is 1. The quantitative estimate of drug-likeness (QED) is 0.235. The lowest BCUT2D eigenvalue weighted by Gasteiger charge is -2.37. The number of aliphatic hydroxyl groups is 1. The number of anilines is 1. The Morgan fingerprint density at radius 3 is 2.41 bits per heavy atom. The third-order valence-electron chi connectivity index (χ3n) is 9.32. The molecule has 49 heavy (non-hydrogen) atoms. The van der Waals surface area contributed by atoms with E-state index in [9.17, 15) is 31.1 Å². The summed E-state index contributed by atoms with van der Waals surface area (Å²) in [5.74, 6) is 0.193. The summed E-state index contributed by atoms with van der Waals surface area (Å²) in [6.45, 7) is 6.56. The van der Waals surface area contributed by atoms with E-state index in [0.717, 1.165) is 42.9 Å². The molecule has 1 atom stereocenters. The number of aromatic nitrogens is 2. The number of piperazine rings is 1. The summed E-state index contributed by atoms with van der Waals surface area (Å²) >= 11 is 1.14. The highest BCUT2D eigenvalue weighted by Crippen LogP contribution is 2.40. The van der Waals surface area contributed by atoms with Crippen LogP contribution in [0, 0.1) is 5.82 Å². The van der Waals surface area contributed by atoms with Gasteiger partial charge in [0.25, 0.3) is 0 Å².